The molecule has 0 aliphatic carbocycles. The quantitative estimate of drug-likeness (QED) is 0.556. The molecule has 0 amide bonds. The number of hydrogen-bond donors (Lipinski definition) is 1. The second-order valence-corrected chi connectivity index (χ2v) is 2.46. The fourth-order valence-corrected chi connectivity index (χ4v) is 0.296. The van der Waals surface area contributed by atoms with Crippen LogP contribution in [0.15, 0.2) is 0 Å². The molecule has 0 spiro atoms. The minimum Gasteiger partial charge on any atom is -0.362 e. The van der Waals surface area contributed by atoms with Crippen LogP contribution in [-0.2, 0) is 4.74 Å². The van der Waals surface area contributed by atoms with Crippen molar-refractivity contribution in [1.82, 2.24) is 0 Å². The fraction of sp³-hybridized carbons (Fsp3) is 0.714. The largest absolute Gasteiger partial charge is 0.362 e. The van der Waals surface area contributed by atoms with Crippen LogP contribution in [0, 0.1) is 12.3 Å². The lowest BCUT2D eigenvalue weighted by atomic mass is 10.1. The molecule has 2 nitrogen and oxygen atoms in total. The summed E-state index contributed by atoms with van der Waals surface area (Å²) in [6.45, 7) is 4.65. The first-order valence-corrected chi connectivity index (χ1v) is 2.90. The lowest BCUT2D eigenvalue weighted by Crippen LogP contribution is -2.34. The van der Waals surface area contributed by atoms with Crippen molar-refractivity contribution in [2.75, 3.05) is 13.2 Å². The summed E-state index contributed by atoms with van der Waals surface area (Å²) in [5.41, 5.74) is 5.08. The van der Waals surface area contributed by atoms with E-state index in [1.54, 1.807) is 0 Å². The van der Waals surface area contributed by atoms with Gasteiger partial charge in [-0.05, 0) is 13.8 Å². The Morgan fingerprint density at radius 2 is 2.22 bits per heavy atom. The third-order valence-electron chi connectivity index (χ3n) is 1.04. The van der Waals surface area contributed by atoms with Gasteiger partial charge >= 0.3 is 0 Å². The number of terminal acetylenes is 1. The molecule has 0 fully saturated rings. The summed E-state index contributed by atoms with van der Waals surface area (Å²) in [6.07, 6.45) is 4.97. The minimum absolute atomic E-state index is 0.271. The van der Waals surface area contributed by atoms with Gasteiger partial charge < -0.3 is 10.5 Å². The monoisotopic (exact) mass is 127 g/mol. The highest BCUT2D eigenvalue weighted by atomic mass is 16.5. The molecule has 0 aromatic heterocycles. The van der Waals surface area contributed by atoms with E-state index >= 15 is 0 Å². The zero-order chi connectivity index (χ0) is 7.33. The Bertz CT molecular complexity index is 113. The van der Waals surface area contributed by atoms with Gasteiger partial charge in [0.1, 0.15) is 6.61 Å². The first-order chi connectivity index (χ1) is 4.12. The van der Waals surface area contributed by atoms with Gasteiger partial charge in [0.15, 0.2) is 0 Å². The van der Waals surface area contributed by atoms with Gasteiger partial charge in [-0.3, -0.25) is 0 Å². The summed E-state index contributed by atoms with van der Waals surface area (Å²) >= 11 is 0. The van der Waals surface area contributed by atoms with Crippen molar-refractivity contribution in [1.29, 1.82) is 0 Å². The van der Waals surface area contributed by atoms with Crippen LogP contribution >= 0.6 is 0 Å². The lowest BCUT2D eigenvalue weighted by Gasteiger charge is -2.21. The summed E-state index contributed by atoms with van der Waals surface area (Å²) in [6, 6.07) is 0. The molecule has 2 N–H and O–H groups in total. The summed E-state index contributed by atoms with van der Waals surface area (Å²) < 4.78 is 5.17. The fourth-order valence-electron chi connectivity index (χ4n) is 0.296. The molecular formula is C7H13NO. The molecule has 0 unspecified atom stereocenters. The van der Waals surface area contributed by atoms with Gasteiger partial charge in [-0.1, -0.05) is 5.92 Å². The molecule has 0 atom stereocenters. The number of rotatable bonds is 3. The van der Waals surface area contributed by atoms with E-state index in [0.717, 1.165) is 0 Å². The van der Waals surface area contributed by atoms with E-state index in [-0.39, 0.29) is 5.60 Å². The van der Waals surface area contributed by atoms with Crippen molar-refractivity contribution in [2.45, 2.75) is 19.4 Å². The van der Waals surface area contributed by atoms with E-state index in [4.69, 9.17) is 16.9 Å². The highest BCUT2D eigenvalue weighted by molar-refractivity contribution is 4.85. The molecule has 52 valence electrons. The van der Waals surface area contributed by atoms with E-state index in [0.29, 0.717) is 13.2 Å². The zero-order valence-corrected chi connectivity index (χ0v) is 5.98. The lowest BCUT2D eigenvalue weighted by molar-refractivity contribution is 0.00988. The highest BCUT2D eigenvalue weighted by Crippen LogP contribution is 2.04. The SMILES string of the molecule is C#CCOC(C)(C)CN. The third-order valence-corrected chi connectivity index (χ3v) is 1.04. The van der Waals surface area contributed by atoms with Crippen LogP contribution in [0.25, 0.3) is 0 Å². The van der Waals surface area contributed by atoms with Gasteiger partial charge in [-0.25, -0.2) is 0 Å². The Balaban J connectivity index is 3.48. The second-order valence-electron chi connectivity index (χ2n) is 2.46. The topological polar surface area (TPSA) is 35.2 Å². The molecule has 0 aliphatic heterocycles. The average Bonchev–Trinajstić information content (AvgIpc) is 1.84. The summed E-state index contributed by atoms with van der Waals surface area (Å²) in [5, 5.41) is 0. The molecule has 0 heterocycles. The number of nitrogens with two attached hydrogens (primary N) is 1. The van der Waals surface area contributed by atoms with Crippen molar-refractivity contribution in [3.05, 3.63) is 0 Å². The van der Waals surface area contributed by atoms with Crippen molar-refractivity contribution in [2.24, 2.45) is 5.73 Å². The van der Waals surface area contributed by atoms with Gasteiger partial charge in [-0.2, -0.15) is 0 Å². The smallest absolute Gasteiger partial charge is 0.108 e. The van der Waals surface area contributed by atoms with Crippen LogP contribution in [-0.4, -0.2) is 18.8 Å². The van der Waals surface area contributed by atoms with Crippen molar-refractivity contribution in [3.63, 3.8) is 0 Å². The third kappa shape index (κ3) is 4.01. The van der Waals surface area contributed by atoms with E-state index in [1.807, 2.05) is 13.8 Å². The second kappa shape index (κ2) is 3.49. The minimum atomic E-state index is -0.271. The summed E-state index contributed by atoms with van der Waals surface area (Å²) in [7, 11) is 0. The molecule has 0 saturated heterocycles. The first kappa shape index (κ1) is 8.48. The average molecular weight is 127 g/mol. The number of hydrogen-bond acceptors (Lipinski definition) is 2. The maximum absolute atomic E-state index is 5.35. The van der Waals surface area contributed by atoms with Crippen LogP contribution < -0.4 is 5.73 Å². The maximum atomic E-state index is 5.35. The van der Waals surface area contributed by atoms with E-state index < -0.39 is 0 Å². The van der Waals surface area contributed by atoms with Crippen molar-refractivity contribution < 1.29 is 4.74 Å². The molecule has 0 aliphatic rings. The zero-order valence-electron chi connectivity index (χ0n) is 5.98. The van der Waals surface area contributed by atoms with Gasteiger partial charge in [0.25, 0.3) is 0 Å². The van der Waals surface area contributed by atoms with Crippen LogP contribution in [0.5, 0.6) is 0 Å². The Kier molecular flexibility index (Phi) is 3.29. The molecule has 9 heavy (non-hydrogen) atoms. The maximum Gasteiger partial charge on any atom is 0.108 e. The first-order valence-electron chi connectivity index (χ1n) is 2.90. The van der Waals surface area contributed by atoms with E-state index in [9.17, 15) is 0 Å². The summed E-state index contributed by atoms with van der Waals surface area (Å²) in [4.78, 5) is 0. The van der Waals surface area contributed by atoms with Gasteiger partial charge in [0.2, 0.25) is 0 Å². The molecule has 2 heteroatoms. The van der Waals surface area contributed by atoms with E-state index in [1.165, 1.54) is 0 Å². The molecule has 0 saturated carbocycles. The normalized spacial score (nSPS) is 10.9. The van der Waals surface area contributed by atoms with Gasteiger partial charge in [0, 0.05) is 6.54 Å². The van der Waals surface area contributed by atoms with Crippen molar-refractivity contribution in [3.8, 4) is 12.3 Å². The molecule has 0 rings (SSSR count). The van der Waals surface area contributed by atoms with Gasteiger partial charge in [0.05, 0.1) is 5.60 Å². The Labute approximate surface area is 56.4 Å². The standard InChI is InChI=1S/C7H13NO/c1-4-5-9-7(2,3)6-8/h1H,5-6,8H2,2-3H3. The predicted molar refractivity (Wildman–Crippen MR) is 37.9 cm³/mol. The molecule has 0 radical (unpaired) electrons. The number of ether oxygens (including phenoxy) is 1. The van der Waals surface area contributed by atoms with Crippen LogP contribution in [0.4, 0.5) is 0 Å². The Hall–Kier alpha value is -0.520. The highest BCUT2D eigenvalue weighted by Gasteiger charge is 2.13. The molecule has 0 bridgehead atoms. The molecule has 0 aromatic rings. The molecule has 0 aromatic carbocycles. The molecular weight excluding hydrogens is 114 g/mol. The van der Waals surface area contributed by atoms with Gasteiger partial charge in [-0.15, -0.1) is 6.42 Å². The Morgan fingerprint density at radius 1 is 1.67 bits per heavy atom. The van der Waals surface area contributed by atoms with Crippen LogP contribution in [0.3, 0.4) is 0 Å². The predicted octanol–water partition coefficient (Wildman–Crippen LogP) is 0.374. The van der Waals surface area contributed by atoms with Crippen molar-refractivity contribution >= 4 is 0 Å². The Morgan fingerprint density at radius 3 is 2.56 bits per heavy atom. The van der Waals surface area contributed by atoms with Crippen LogP contribution in [0.1, 0.15) is 13.8 Å². The van der Waals surface area contributed by atoms with E-state index in [2.05, 4.69) is 5.92 Å². The summed E-state index contributed by atoms with van der Waals surface area (Å²) in [5.74, 6) is 2.38. The van der Waals surface area contributed by atoms with Crippen LogP contribution in [0.2, 0.25) is 0 Å².